The van der Waals surface area contributed by atoms with Gasteiger partial charge in [-0.2, -0.15) is 0 Å². The first kappa shape index (κ1) is 16.4. The maximum atomic E-state index is 13.0. The van der Waals surface area contributed by atoms with Gasteiger partial charge in [-0.1, -0.05) is 0 Å². The number of hydrogen-bond donors (Lipinski definition) is 2. The van der Waals surface area contributed by atoms with Crippen LogP contribution in [0.1, 0.15) is 27.2 Å². The highest BCUT2D eigenvalue weighted by molar-refractivity contribution is 5.84. The number of halogens is 2. The molecule has 4 nitrogen and oxygen atoms in total. The molecule has 0 bridgehead atoms. The Bertz CT molecular complexity index is 480. The minimum absolute atomic E-state index is 0.0794. The Morgan fingerprint density at radius 2 is 2.05 bits per heavy atom. The second-order valence-electron chi connectivity index (χ2n) is 5.17. The topological polar surface area (TPSA) is 64.3 Å². The molecule has 0 heterocycles. The number of carbonyl (C=O) groups excluding carboxylic acids is 1. The number of nitrogens with one attached hydrogen (secondary N) is 1. The summed E-state index contributed by atoms with van der Waals surface area (Å²) in [5.74, 6) is -2.18. The van der Waals surface area contributed by atoms with Crippen molar-refractivity contribution in [2.75, 3.05) is 6.61 Å². The van der Waals surface area contributed by atoms with Crippen molar-refractivity contribution in [3.05, 3.63) is 29.8 Å². The summed E-state index contributed by atoms with van der Waals surface area (Å²) in [5, 5.41) is 3.07. The quantitative estimate of drug-likeness (QED) is 0.805. The third-order valence-corrected chi connectivity index (χ3v) is 2.91. The molecule has 0 spiro atoms. The molecule has 0 radical (unpaired) electrons. The molecule has 1 rings (SSSR count). The molecule has 0 aromatic heterocycles. The van der Waals surface area contributed by atoms with Gasteiger partial charge in [0.15, 0.2) is 11.6 Å². The van der Waals surface area contributed by atoms with Crippen LogP contribution >= 0.6 is 0 Å². The zero-order valence-electron chi connectivity index (χ0n) is 11.9. The van der Waals surface area contributed by atoms with Gasteiger partial charge in [-0.15, -0.1) is 0 Å². The molecule has 112 valence electrons. The fraction of sp³-hybridized carbons (Fsp3) is 0.500. The van der Waals surface area contributed by atoms with Crippen LogP contribution in [0, 0.1) is 11.6 Å². The summed E-state index contributed by atoms with van der Waals surface area (Å²) in [7, 11) is 0. The standard InChI is InChI=1S/C14H20F2N2O2/c1-9(2)18-14(3,13(17)19)6-7-20-10-4-5-11(15)12(16)8-10/h4-5,8-9,18H,6-7H2,1-3H3,(H2,17,19). The lowest BCUT2D eigenvalue weighted by atomic mass is 9.96. The van der Waals surface area contributed by atoms with Gasteiger partial charge in [0.05, 0.1) is 12.1 Å². The fourth-order valence-corrected chi connectivity index (χ4v) is 1.84. The van der Waals surface area contributed by atoms with Gasteiger partial charge in [0, 0.05) is 18.5 Å². The van der Waals surface area contributed by atoms with E-state index in [2.05, 4.69) is 5.32 Å². The molecule has 1 aromatic rings. The number of rotatable bonds is 7. The predicted octanol–water partition coefficient (Wildman–Crippen LogP) is 1.98. The van der Waals surface area contributed by atoms with Crippen LogP contribution in [-0.2, 0) is 4.79 Å². The summed E-state index contributed by atoms with van der Waals surface area (Å²) >= 11 is 0. The van der Waals surface area contributed by atoms with E-state index in [1.165, 1.54) is 6.07 Å². The van der Waals surface area contributed by atoms with Gasteiger partial charge in [0.1, 0.15) is 5.75 Å². The Balaban J connectivity index is 2.60. The molecule has 0 aliphatic carbocycles. The van der Waals surface area contributed by atoms with Crippen molar-refractivity contribution in [3.8, 4) is 5.75 Å². The summed E-state index contributed by atoms with van der Waals surface area (Å²) in [6, 6.07) is 3.36. The molecular formula is C14H20F2N2O2. The van der Waals surface area contributed by atoms with Crippen LogP contribution in [0.2, 0.25) is 0 Å². The number of benzene rings is 1. The van der Waals surface area contributed by atoms with Gasteiger partial charge >= 0.3 is 0 Å². The molecule has 0 fully saturated rings. The number of carbonyl (C=O) groups is 1. The molecule has 0 aliphatic heterocycles. The van der Waals surface area contributed by atoms with Crippen molar-refractivity contribution >= 4 is 5.91 Å². The van der Waals surface area contributed by atoms with Gasteiger partial charge in [-0.25, -0.2) is 8.78 Å². The fourth-order valence-electron chi connectivity index (χ4n) is 1.84. The highest BCUT2D eigenvalue weighted by Gasteiger charge is 2.31. The number of amides is 1. The first-order chi connectivity index (χ1) is 9.24. The highest BCUT2D eigenvalue weighted by atomic mass is 19.2. The maximum Gasteiger partial charge on any atom is 0.237 e. The van der Waals surface area contributed by atoms with Crippen molar-refractivity contribution in [2.45, 2.75) is 38.8 Å². The van der Waals surface area contributed by atoms with Crippen LogP contribution in [0.15, 0.2) is 18.2 Å². The van der Waals surface area contributed by atoms with E-state index in [4.69, 9.17) is 10.5 Å². The van der Waals surface area contributed by atoms with E-state index in [1.807, 2.05) is 13.8 Å². The molecule has 0 saturated heterocycles. The van der Waals surface area contributed by atoms with Crippen LogP contribution in [0.4, 0.5) is 8.78 Å². The average molecular weight is 286 g/mol. The second-order valence-corrected chi connectivity index (χ2v) is 5.17. The zero-order valence-corrected chi connectivity index (χ0v) is 11.9. The van der Waals surface area contributed by atoms with Gasteiger partial charge in [0.25, 0.3) is 0 Å². The van der Waals surface area contributed by atoms with E-state index < -0.39 is 23.1 Å². The maximum absolute atomic E-state index is 13.0. The highest BCUT2D eigenvalue weighted by Crippen LogP contribution is 2.17. The van der Waals surface area contributed by atoms with E-state index in [0.717, 1.165) is 12.1 Å². The molecule has 1 atom stereocenters. The zero-order chi connectivity index (χ0) is 15.3. The molecular weight excluding hydrogens is 266 g/mol. The van der Waals surface area contributed by atoms with E-state index in [0.29, 0.717) is 6.42 Å². The molecule has 1 unspecified atom stereocenters. The summed E-state index contributed by atoms with van der Waals surface area (Å²) in [6.45, 7) is 5.64. The molecule has 3 N–H and O–H groups in total. The first-order valence-corrected chi connectivity index (χ1v) is 6.40. The lowest BCUT2D eigenvalue weighted by Gasteiger charge is -2.29. The second kappa shape index (κ2) is 6.65. The Morgan fingerprint density at radius 3 is 2.55 bits per heavy atom. The third-order valence-electron chi connectivity index (χ3n) is 2.91. The Kier molecular flexibility index (Phi) is 5.44. The Hall–Kier alpha value is -1.69. The number of primary amides is 1. The molecule has 1 aromatic carbocycles. The van der Waals surface area contributed by atoms with Gasteiger partial charge in [-0.3, -0.25) is 4.79 Å². The van der Waals surface area contributed by atoms with Crippen molar-refractivity contribution < 1.29 is 18.3 Å². The third kappa shape index (κ3) is 4.45. The predicted molar refractivity (Wildman–Crippen MR) is 72.3 cm³/mol. The molecule has 6 heteroatoms. The first-order valence-electron chi connectivity index (χ1n) is 6.40. The van der Waals surface area contributed by atoms with E-state index >= 15 is 0 Å². The molecule has 20 heavy (non-hydrogen) atoms. The summed E-state index contributed by atoms with van der Waals surface area (Å²) in [5.41, 5.74) is 4.47. The lowest BCUT2D eigenvalue weighted by Crippen LogP contribution is -2.56. The van der Waals surface area contributed by atoms with Crippen molar-refractivity contribution in [3.63, 3.8) is 0 Å². The number of hydrogen-bond acceptors (Lipinski definition) is 3. The van der Waals surface area contributed by atoms with Crippen LogP contribution in [0.25, 0.3) is 0 Å². The summed E-state index contributed by atoms with van der Waals surface area (Å²) in [6.07, 6.45) is 0.319. The molecule has 0 aliphatic rings. The van der Waals surface area contributed by atoms with Crippen LogP contribution < -0.4 is 15.8 Å². The lowest BCUT2D eigenvalue weighted by molar-refractivity contribution is -0.124. The Morgan fingerprint density at radius 1 is 1.40 bits per heavy atom. The molecule has 1 amide bonds. The van der Waals surface area contributed by atoms with Crippen molar-refractivity contribution in [2.24, 2.45) is 5.73 Å². The number of ether oxygens (including phenoxy) is 1. The largest absolute Gasteiger partial charge is 0.493 e. The summed E-state index contributed by atoms with van der Waals surface area (Å²) < 4.78 is 31.1. The normalized spacial score (nSPS) is 14.1. The van der Waals surface area contributed by atoms with Gasteiger partial charge < -0.3 is 15.8 Å². The van der Waals surface area contributed by atoms with Crippen LogP contribution in [-0.4, -0.2) is 24.1 Å². The minimum atomic E-state index is -0.972. The van der Waals surface area contributed by atoms with Crippen LogP contribution in [0.5, 0.6) is 5.75 Å². The monoisotopic (exact) mass is 286 g/mol. The van der Waals surface area contributed by atoms with E-state index in [9.17, 15) is 13.6 Å². The minimum Gasteiger partial charge on any atom is -0.493 e. The smallest absolute Gasteiger partial charge is 0.237 e. The number of nitrogens with two attached hydrogens (primary N) is 1. The van der Waals surface area contributed by atoms with Gasteiger partial charge in [-0.05, 0) is 32.9 Å². The molecule has 0 saturated carbocycles. The van der Waals surface area contributed by atoms with E-state index in [1.54, 1.807) is 6.92 Å². The average Bonchev–Trinajstić information content (AvgIpc) is 2.32. The van der Waals surface area contributed by atoms with Gasteiger partial charge in [0.2, 0.25) is 5.91 Å². The summed E-state index contributed by atoms with van der Waals surface area (Å²) in [4.78, 5) is 11.5. The van der Waals surface area contributed by atoms with E-state index in [-0.39, 0.29) is 18.4 Å². The Labute approximate surface area is 117 Å². The van der Waals surface area contributed by atoms with Crippen LogP contribution in [0.3, 0.4) is 0 Å². The SMILES string of the molecule is CC(C)NC(C)(CCOc1ccc(F)c(F)c1)C(N)=O. The van der Waals surface area contributed by atoms with Crippen molar-refractivity contribution in [1.82, 2.24) is 5.32 Å². The van der Waals surface area contributed by atoms with Crippen molar-refractivity contribution in [1.29, 1.82) is 0 Å².